The van der Waals surface area contributed by atoms with E-state index in [1.165, 1.54) is 22.2 Å². The molecule has 0 saturated heterocycles. The second kappa shape index (κ2) is 8.92. The molecule has 0 saturated carbocycles. The summed E-state index contributed by atoms with van der Waals surface area (Å²) in [5.74, 6) is -1.78. The monoisotopic (exact) mass is 487 g/mol. The summed E-state index contributed by atoms with van der Waals surface area (Å²) in [6, 6.07) is 12.5. The van der Waals surface area contributed by atoms with Gasteiger partial charge < -0.3 is 4.74 Å². The fourth-order valence-electron chi connectivity index (χ4n) is 4.26. The van der Waals surface area contributed by atoms with E-state index in [4.69, 9.17) is 4.74 Å². The molecular weight excluding hydrogens is 466 g/mol. The number of imide groups is 1. The van der Waals surface area contributed by atoms with Crippen molar-refractivity contribution in [2.45, 2.75) is 20.4 Å². The van der Waals surface area contributed by atoms with Gasteiger partial charge in [0.25, 0.3) is 17.4 Å². The lowest BCUT2D eigenvalue weighted by atomic mass is 9.99. The quantitative estimate of drug-likeness (QED) is 0.305. The maximum Gasteiger partial charge on any atom is 0.326 e. The van der Waals surface area contributed by atoms with Crippen LogP contribution in [0.4, 0.5) is 0 Å². The second-order valence-corrected chi connectivity index (χ2v) is 9.21. The zero-order chi connectivity index (χ0) is 24.7. The van der Waals surface area contributed by atoms with E-state index < -0.39 is 24.3 Å². The molecule has 3 heterocycles. The minimum Gasteiger partial charge on any atom is -0.462 e. The summed E-state index contributed by atoms with van der Waals surface area (Å²) < 4.78 is 6.63. The Labute approximate surface area is 204 Å². The molecule has 2 amide bonds. The summed E-state index contributed by atoms with van der Waals surface area (Å²) in [6.07, 6.45) is 1.44. The first kappa shape index (κ1) is 22.7. The third kappa shape index (κ3) is 4.04. The van der Waals surface area contributed by atoms with Crippen molar-refractivity contribution < 1.29 is 19.1 Å². The van der Waals surface area contributed by atoms with Gasteiger partial charge in [-0.25, -0.2) is 4.98 Å². The highest BCUT2D eigenvalue weighted by molar-refractivity contribution is 7.17. The Kier molecular flexibility index (Phi) is 5.78. The Bertz CT molecular complexity index is 1530. The number of amides is 2. The SMILES string of the molecule is Cc1ccc(-c2csc3ncn(CCOC(=O)CN4C(=O)c5ccccc5C4=O)c(=O)c23)c(C)c1. The maximum atomic E-state index is 13.2. The van der Waals surface area contributed by atoms with E-state index >= 15 is 0 Å². The zero-order valence-corrected chi connectivity index (χ0v) is 19.9. The molecule has 1 aliphatic rings. The van der Waals surface area contributed by atoms with Crippen LogP contribution in [0, 0.1) is 13.8 Å². The van der Waals surface area contributed by atoms with Crippen molar-refractivity contribution in [2.75, 3.05) is 13.2 Å². The number of carbonyl (C=O) groups excluding carboxylic acids is 3. The highest BCUT2D eigenvalue weighted by Crippen LogP contribution is 2.33. The molecule has 35 heavy (non-hydrogen) atoms. The third-order valence-corrected chi connectivity index (χ3v) is 6.88. The normalized spacial score (nSPS) is 12.9. The summed E-state index contributed by atoms with van der Waals surface area (Å²) in [4.78, 5) is 56.3. The van der Waals surface area contributed by atoms with Crippen LogP contribution in [0.3, 0.4) is 0 Å². The van der Waals surface area contributed by atoms with Gasteiger partial charge in [-0.05, 0) is 37.1 Å². The lowest BCUT2D eigenvalue weighted by Crippen LogP contribution is -2.36. The van der Waals surface area contributed by atoms with Crippen LogP contribution >= 0.6 is 11.3 Å². The van der Waals surface area contributed by atoms with E-state index in [0.717, 1.165) is 27.2 Å². The lowest BCUT2D eigenvalue weighted by Gasteiger charge is -2.13. The topological polar surface area (TPSA) is 98.6 Å². The molecule has 0 spiro atoms. The molecule has 0 unspecified atom stereocenters. The smallest absolute Gasteiger partial charge is 0.326 e. The van der Waals surface area contributed by atoms with Crippen molar-refractivity contribution in [3.8, 4) is 11.1 Å². The van der Waals surface area contributed by atoms with Crippen LogP contribution in [-0.4, -0.2) is 45.4 Å². The minimum atomic E-state index is -0.729. The third-order valence-electron chi connectivity index (χ3n) is 5.99. The lowest BCUT2D eigenvalue weighted by molar-refractivity contribution is -0.144. The maximum absolute atomic E-state index is 13.2. The standard InChI is InChI=1S/C26H21N3O5S/c1-15-7-8-17(16(2)11-15)20-13-35-23-22(20)26(33)28(14-27-23)9-10-34-21(30)12-29-24(31)18-5-3-4-6-19(18)25(29)32/h3-8,11,13-14H,9-10,12H2,1-2H3. The molecule has 1 aliphatic heterocycles. The summed E-state index contributed by atoms with van der Waals surface area (Å²) in [6.45, 7) is 3.54. The molecule has 0 radical (unpaired) electrons. The molecule has 176 valence electrons. The van der Waals surface area contributed by atoms with Gasteiger partial charge in [-0.3, -0.25) is 28.6 Å². The molecule has 0 fully saturated rings. The number of esters is 1. The van der Waals surface area contributed by atoms with Gasteiger partial charge in [-0.1, -0.05) is 35.9 Å². The molecule has 0 aliphatic carbocycles. The van der Waals surface area contributed by atoms with E-state index in [1.54, 1.807) is 24.3 Å². The number of thiophene rings is 1. The Morgan fingerprint density at radius 1 is 0.971 bits per heavy atom. The Balaban J connectivity index is 1.28. The van der Waals surface area contributed by atoms with Crippen LogP contribution in [0.1, 0.15) is 31.8 Å². The predicted octanol–water partition coefficient (Wildman–Crippen LogP) is 3.58. The van der Waals surface area contributed by atoms with Crippen molar-refractivity contribution in [2.24, 2.45) is 0 Å². The first-order chi connectivity index (χ1) is 16.8. The van der Waals surface area contributed by atoms with E-state index in [0.29, 0.717) is 10.2 Å². The van der Waals surface area contributed by atoms with Gasteiger partial charge in [-0.15, -0.1) is 11.3 Å². The van der Waals surface area contributed by atoms with Crippen molar-refractivity contribution in [3.63, 3.8) is 0 Å². The van der Waals surface area contributed by atoms with E-state index in [1.807, 2.05) is 31.4 Å². The molecule has 2 aromatic heterocycles. The molecule has 0 N–H and O–H groups in total. The number of hydrogen-bond acceptors (Lipinski definition) is 7. The molecule has 0 bridgehead atoms. The van der Waals surface area contributed by atoms with Gasteiger partial charge in [0, 0.05) is 10.9 Å². The number of fused-ring (bicyclic) bond motifs is 2. The first-order valence-electron chi connectivity index (χ1n) is 11.0. The van der Waals surface area contributed by atoms with E-state index in [9.17, 15) is 19.2 Å². The molecule has 5 rings (SSSR count). The highest BCUT2D eigenvalue weighted by atomic mass is 32.1. The van der Waals surface area contributed by atoms with Crippen molar-refractivity contribution in [1.82, 2.24) is 14.5 Å². The van der Waals surface area contributed by atoms with Crippen LogP contribution in [0.2, 0.25) is 0 Å². The summed E-state index contributed by atoms with van der Waals surface area (Å²) in [5, 5.41) is 2.46. The Morgan fingerprint density at radius 3 is 2.37 bits per heavy atom. The van der Waals surface area contributed by atoms with Crippen LogP contribution in [0.15, 0.2) is 59.0 Å². The predicted molar refractivity (Wildman–Crippen MR) is 132 cm³/mol. The van der Waals surface area contributed by atoms with E-state index in [-0.39, 0.29) is 29.8 Å². The fraction of sp³-hybridized carbons (Fsp3) is 0.192. The zero-order valence-electron chi connectivity index (χ0n) is 19.1. The summed E-state index contributed by atoms with van der Waals surface area (Å²) >= 11 is 1.41. The number of rotatable bonds is 6. The second-order valence-electron chi connectivity index (χ2n) is 8.35. The number of carbonyl (C=O) groups is 3. The Hall–Kier alpha value is -4.11. The van der Waals surface area contributed by atoms with Gasteiger partial charge in [0.15, 0.2) is 0 Å². The molecule has 0 atom stereocenters. The van der Waals surface area contributed by atoms with Crippen LogP contribution in [-0.2, 0) is 16.1 Å². The average molecular weight is 488 g/mol. The highest BCUT2D eigenvalue weighted by Gasteiger charge is 2.36. The molecule has 9 heteroatoms. The number of nitrogens with zero attached hydrogens (tertiary/aromatic N) is 3. The summed E-state index contributed by atoms with van der Waals surface area (Å²) in [5.41, 5.74) is 4.34. The number of aryl methyl sites for hydroxylation is 2. The van der Waals surface area contributed by atoms with Crippen LogP contribution in [0.5, 0.6) is 0 Å². The molecule has 8 nitrogen and oxygen atoms in total. The molecular formula is C26H21N3O5S. The van der Waals surface area contributed by atoms with Gasteiger partial charge >= 0.3 is 5.97 Å². The van der Waals surface area contributed by atoms with Crippen molar-refractivity contribution in [1.29, 1.82) is 0 Å². The van der Waals surface area contributed by atoms with E-state index in [2.05, 4.69) is 11.1 Å². The molecule has 2 aromatic carbocycles. The van der Waals surface area contributed by atoms with Crippen molar-refractivity contribution >= 4 is 39.3 Å². The van der Waals surface area contributed by atoms with Gasteiger partial charge in [0.2, 0.25) is 0 Å². The summed E-state index contributed by atoms with van der Waals surface area (Å²) in [7, 11) is 0. The minimum absolute atomic E-state index is 0.0950. The van der Waals surface area contributed by atoms with Crippen LogP contribution in [0.25, 0.3) is 21.3 Å². The van der Waals surface area contributed by atoms with Gasteiger partial charge in [-0.2, -0.15) is 0 Å². The number of benzene rings is 2. The largest absolute Gasteiger partial charge is 0.462 e. The average Bonchev–Trinajstić information content (AvgIpc) is 3.37. The van der Waals surface area contributed by atoms with Gasteiger partial charge in [0.05, 0.1) is 29.4 Å². The van der Waals surface area contributed by atoms with Crippen molar-refractivity contribution in [3.05, 3.63) is 86.8 Å². The number of hydrogen-bond donors (Lipinski definition) is 0. The fourth-order valence-corrected chi connectivity index (χ4v) is 5.15. The molecule has 4 aromatic rings. The number of aromatic nitrogens is 2. The van der Waals surface area contributed by atoms with Gasteiger partial charge in [0.1, 0.15) is 18.0 Å². The first-order valence-corrected chi connectivity index (χ1v) is 11.9. The Morgan fingerprint density at radius 2 is 1.69 bits per heavy atom. The number of ether oxygens (including phenoxy) is 1. The van der Waals surface area contributed by atoms with Crippen LogP contribution < -0.4 is 5.56 Å².